The van der Waals surface area contributed by atoms with Crippen LogP contribution >= 0.6 is 22.6 Å². The Bertz CT molecular complexity index is 892. The number of anilines is 2. The lowest BCUT2D eigenvalue weighted by Crippen LogP contribution is -2.05. The average Bonchev–Trinajstić information content (AvgIpc) is 2.75. The Kier molecular flexibility index (Phi) is 3.73. The number of carboxylic acid groups (broad SMARTS) is 1. The normalized spacial score (nSPS) is 10.9. The number of carboxylic acids is 1. The van der Waals surface area contributed by atoms with E-state index in [1.807, 2.05) is 22.6 Å². The molecule has 0 aliphatic carbocycles. The molecule has 0 aliphatic rings. The number of nitrogens with one attached hydrogen (secondary N) is 1. The number of hydrogen-bond acceptors (Lipinski definition) is 3. The van der Waals surface area contributed by atoms with Gasteiger partial charge in [0, 0.05) is 22.2 Å². The van der Waals surface area contributed by atoms with Crippen molar-refractivity contribution in [2.45, 2.75) is 0 Å². The minimum Gasteiger partial charge on any atom is -0.478 e. The van der Waals surface area contributed by atoms with Gasteiger partial charge in [-0.3, -0.25) is 0 Å². The molecule has 0 aliphatic heterocycles. The average molecular weight is 411 g/mol. The van der Waals surface area contributed by atoms with Crippen molar-refractivity contribution in [3.8, 4) is 0 Å². The molecular weight excluding hydrogens is 400 g/mol. The van der Waals surface area contributed by atoms with Gasteiger partial charge in [-0.25, -0.2) is 14.2 Å². The summed E-state index contributed by atoms with van der Waals surface area (Å²) in [4.78, 5) is 15.8. The molecule has 1 aromatic carbocycles. The van der Waals surface area contributed by atoms with Gasteiger partial charge in [-0.1, -0.05) is 0 Å². The van der Waals surface area contributed by atoms with Crippen LogP contribution in [0.3, 0.4) is 0 Å². The maximum absolute atomic E-state index is 14.0. The van der Waals surface area contributed by atoms with Crippen molar-refractivity contribution < 1.29 is 14.3 Å². The summed E-state index contributed by atoms with van der Waals surface area (Å²) >= 11 is 2.01. The van der Waals surface area contributed by atoms with Crippen molar-refractivity contribution >= 4 is 51.1 Å². The number of carbonyl (C=O) groups is 1. The summed E-state index contributed by atoms with van der Waals surface area (Å²) in [5, 5.41) is 12.9. The molecule has 2 aromatic heterocycles. The summed E-state index contributed by atoms with van der Waals surface area (Å²) in [5.74, 6) is -1.24. The summed E-state index contributed by atoms with van der Waals surface area (Å²) in [5.41, 5.74) is 0.811. The zero-order valence-electron chi connectivity index (χ0n) is 11.5. The topological polar surface area (TPSA) is 67.2 Å². The Morgan fingerprint density at radius 3 is 2.86 bits per heavy atom. The number of hydrogen-bond donors (Lipinski definition) is 2. The van der Waals surface area contributed by atoms with E-state index in [-0.39, 0.29) is 11.3 Å². The third kappa shape index (κ3) is 2.41. The number of halogens is 2. The van der Waals surface area contributed by atoms with Crippen LogP contribution in [0.1, 0.15) is 10.4 Å². The Morgan fingerprint density at radius 1 is 1.41 bits per heavy atom. The van der Waals surface area contributed by atoms with Gasteiger partial charge in [0.2, 0.25) is 0 Å². The second-order valence-corrected chi connectivity index (χ2v) is 5.96. The molecular formula is C15H11FIN3O2. The second-order valence-electron chi connectivity index (χ2n) is 4.71. The molecule has 22 heavy (non-hydrogen) atoms. The fraction of sp³-hybridized carbons (Fsp3) is 0.0667. The van der Waals surface area contributed by atoms with E-state index in [0.29, 0.717) is 16.9 Å². The highest BCUT2D eigenvalue weighted by Gasteiger charge is 2.22. The molecule has 5 nitrogen and oxygen atoms in total. The molecule has 0 fully saturated rings. The number of aromatic nitrogens is 2. The lowest BCUT2D eigenvalue weighted by Gasteiger charge is -2.10. The van der Waals surface area contributed by atoms with E-state index >= 15 is 0 Å². The maximum atomic E-state index is 14.0. The SMILES string of the molecule is Cn1c(Nc2ccc(I)cc2F)c(C(=O)O)c2cccnc21. The van der Waals surface area contributed by atoms with E-state index < -0.39 is 11.8 Å². The van der Waals surface area contributed by atoms with Crippen LogP contribution in [0.4, 0.5) is 15.9 Å². The predicted octanol–water partition coefficient (Wildman–Crippen LogP) is 3.76. The highest BCUT2D eigenvalue weighted by atomic mass is 127. The Hall–Kier alpha value is -2.16. The molecule has 0 atom stereocenters. The fourth-order valence-electron chi connectivity index (χ4n) is 2.34. The summed E-state index contributed by atoms with van der Waals surface area (Å²) in [7, 11) is 1.69. The van der Waals surface area contributed by atoms with Crippen LogP contribution in [0.25, 0.3) is 11.0 Å². The minimum absolute atomic E-state index is 0.0727. The largest absolute Gasteiger partial charge is 0.478 e. The first-order valence-corrected chi connectivity index (χ1v) is 7.45. The lowest BCUT2D eigenvalue weighted by molar-refractivity contribution is 0.0700. The number of nitrogens with zero attached hydrogens (tertiary/aromatic N) is 2. The molecule has 7 heteroatoms. The molecule has 0 unspecified atom stereocenters. The van der Waals surface area contributed by atoms with E-state index in [2.05, 4.69) is 10.3 Å². The third-order valence-electron chi connectivity index (χ3n) is 3.34. The molecule has 3 aromatic rings. The summed E-state index contributed by atoms with van der Waals surface area (Å²) < 4.78 is 16.4. The molecule has 0 saturated carbocycles. The van der Waals surface area contributed by atoms with Crippen LogP contribution in [-0.2, 0) is 7.05 Å². The third-order valence-corrected chi connectivity index (χ3v) is 4.01. The van der Waals surface area contributed by atoms with Crippen molar-refractivity contribution in [2.24, 2.45) is 7.05 Å². The Labute approximate surface area is 138 Å². The molecule has 2 heterocycles. The van der Waals surface area contributed by atoms with E-state index in [1.165, 1.54) is 6.07 Å². The summed E-state index contributed by atoms with van der Waals surface area (Å²) in [6.45, 7) is 0. The van der Waals surface area contributed by atoms with Gasteiger partial charge in [0.25, 0.3) is 0 Å². The summed E-state index contributed by atoms with van der Waals surface area (Å²) in [6, 6.07) is 8.05. The molecule has 112 valence electrons. The van der Waals surface area contributed by atoms with Gasteiger partial charge >= 0.3 is 5.97 Å². The zero-order chi connectivity index (χ0) is 15.9. The molecule has 0 amide bonds. The number of aryl methyl sites for hydroxylation is 1. The first-order valence-electron chi connectivity index (χ1n) is 6.38. The van der Waals surface area contributed by atoms with Crippen LogP contribution in [0, 0.1) is 9.39 Å². The van der Waals surface area contributed by atoms with Crippen molar-refractivity contribution in [1.82, 2.24) is 9.55 Å². The first kappa shape index (κ1) is 14.8. The van der Waals surface area contributed by atoms with E-state index in [4.69, 9.17) is 0 Å². The van der Waals surface area contributed by atoms with Crippen LogP contribution in [0.5, 0.6) is 0 Å². The van der Waals surface area contributed by atoms with Crippen LogP contribution < -0.4 is 5.32 Å². The standard InChI is InChI=1S/C15H11FIN3O2/c1-20-13-9(3-2-6-18-13)12(15(21)22)14(20)19-11-5-4-8(17)7-10(11)16/h2-7,19H,1H3,(H,21,22). The number of pyridine rings is 1. The van der Waals surface area contributed by atoms with Crippen molar-refractivity contribution in [3.63, 3.8) is 0 Å². The van der Waals surface area contributed by atoms with Crippen molar-refractivity contribution in [1.29, 1.82) is 0 Å². The second kappa shape index (κ2) is 5.56. The van der Waals surface area contributed by atoms with Gasteiger partial charge in [0.05, 0.1) is 5.69 Å². The lowest BCUT2D eigenvalue weighted by atomic mass is 10.2. The maximum Gasteiger partial charge on any atom is 0.340 e. The van der Waals surface area contributed by atoms with Crippen LogP contribution in [0.15, 0.2) is 36.5 Å². The number of benzene rings is 1. The zero-order valence-corrected chi connectivity index (χ0v) is 13.6. The molecule has 3 rings (SSSR count). The highest BCUT2D eigenvalue weighted by Crippen LogP contribution is 2.31. The molecule has 0 saturated heterocycles. The first-order chi connectivity index (χ1) is 10.5. The van der Waals surface area contributed by atoms with Gasteiger partial charge in [-0.05, 0) is 52.9 Å². The molecule has 0 spiro atoms. The minimum atomic E-state index is -1.09. The number of aromatic carboxylic acids is 1. The predicted molar refractivity (Wildman–Crippen MR) is 90.1 cm³/mol. The van der Waals surface area contributed by atoms with E-state index in [1.54, 1.807) is 42.1 Å². The fourth-order valence-corrected chi connectivity index (χ4v) is 2.80. The van der Waals surface area contributed by atoms with Gasteiger partial charge in [-0.15, -0.1) is 0 Å². The van der Waals surface area contributed by atoms with Gasteiger partial charge in [0.15, 0.2) is 0 Å². The highest BCUT2D eigenvalue weighted by molar-refractivity contribution is 14.1. The van der Waals surface area contributed by atoms with Gasteiger partial charge in [-0.2, -0.15) is 0 Å². The van der Waals surface area contributed by atoms with E-state index in [9.17, 15) is 14.3 Å². The monoisotopic (exact) mass is 411 g/mol. The molecule has 0 bridgehead atoms. The van der Waals surface area contributed by atoms with Crippen molar-refractivity contribution in [3.05, 3.63) is 51.5 Å². The van der Waals surface area contributed by atoms with Gasteiger partial charge < -0.3 is 15.0 Å². The molecule has 2 N–H and O–H groups in total. The van der Waals surface area contributed by atoms with Gasteiger partial charge in [0.1, 0.15) is 22.8 Å². The number of fused-ring (bicyclic) bond motifs is 1. The van der Waals surface area contributed by atoms with Crippen LogP contribution in [-0.4, -0.2) is 20.6 Å². The number of rotatable bonds is 3. The van der Waals surface area contributed by atoms with Crippen LogP contribution in [0.2, 0.25) is 0 Å². The molecule has 0 radical (unpaired) electrons. The smallest absolute Gasteiger partial charge is 0.340 e. The van der Waals surface area contributed by atoms with E-state index in [0.717, 1.165) is 3.57 Å². The van der Waals surface area contributed by atoms with Crippen molar-refractivity contribution in [2.75, 3.05) is 5.32 Å². The Balaban J connectivity index is 2.20. The quantitative estimate of drug-likeness (QED) is 0.645. The summed E-state index contributed by atoms with van der Waals surface area (Å²) in [6.07, 6.45) is 1.59. The Morgan fingerprint density at radius 2 is 2.18 bits per heavy atom.